The van der Waals surface area contributed by atoms with Gasteiger partial charge in [0.15, 0.2) is 5.82 Å². The fourth-order valence-corrected chi connectivity index (χ4v) is 2.42. The van der Waals surface area contributed by atoms with E-state index in [-0.39, 0.29) is 5.75 Å². The van der Waals surface area contributed by atoms with Crippen LogP contribution >= 0.6 is 24.8 Å². The molecule has 0 saturated heterocycles. The molecule has 138 valence electrons. The summed E-state index contributed by atoms with van der Waals surface area (Å²) in [5.74, 6) is 2.12. The van der Waals surface area contributed by atoms with Crippen LogP contribution in [0.4, 0.5) is 5.82 Å². The molecule has 0 spiro atoms. The van der Waals surface area contributed by atoms with Crippen LogP contribution in [0.25, 0.3) is 11.4 Å². The number of hydrogen-bond acceptors (Lipinski definition) is 6. The van der Waals surface area contributed by atoms with Crippen molar-refractivity contribution in [3.05, 3.63) is 46.9 Å². The van der Waals surface area contributed by atoms with Gasteiger partial charge < -0.3 is 10.0 Å². The smallest absolute Gasteiger partial charge is 0.213 e. The largest absolute Gasteiger partial charge is 0.507 e. The van der Waals surface area contributed by atoms with E-state index in [4.69, 9.17) is 12.2 Å². The average molecular weight is 390 g/mol. The number of phenolic OH excluding ortho intramolecular Hbond substituents is 1. The molecule has 1 aromatic carbocycles. The minimum absolute atomic E-state index is 0.196. The van der Waals surface area contributed by atoms with Gasteiger partial charge >= 0.3 is 0 Å². The van der Waals surface area contributed by atoms with Crippen LogP contribution in [0.3, 0.4) is 0 Å². The first kappa shape index (κ1) is 20.0. The highest BCUT2D eigenvalue weighted by Gasteiger charge is 2.09. The maximum atomic E-state index is 9.77. The molecule has 2 aromatic heterocycles. The normalized spacial score (nSPS) is 10.4. The van der Waals surface area contributed by atoms with Crippen molar-refractivity contribution in [2.24, 2.45) is 0 Å². The summed E-state index contributed by atoms with van der Waals surface area (Å²) in [5.41, 5.74) is 1.81. The summed E-state index contributed by atoms with van der Waals surface area (Å²) in [6, 6.07) is 9.36. The van der Waals surface area contributed by atoms with Crippen LogP contribution in [0.15, 0.2) is 41.4 Å². The number of benzene rings is 1. The molecule has 0 aliphatic heterocycles. The van der Waals surface area contributed by atoms with E-state index >= 15 is 0 Å². The molecule has 26 heavy (non-hydrogen) atoms. The van der Waals surface area contributed by atoms with Gasteiger partial charge in [-0.3, -0.25) is 10.2 Å². The molecule has 3 rings (SSSR count). The number of thiol groups is 1. The number of pyridine rings is 1. The predicted octanol–water partition coefficient (Wildman–Crippen LogP) is 4.40. The zero-order valence-electron chi connectivity index (χ0n) is 15.2. The number of anilines is 1. The molecule has 2 heterocycles. The lowest BCUT2D eigenvalue weighted by Crippen LogP contribution is -2.09. The van der Waals surface area contributed by atoms with Crippen LogP contribution in [0.5, 0.6) is 5.75 Å². The summed E-state index contributed by atoms with van der Waals surface area (Å²) in [4.78, 5) is 11.1. The molecule has 0 saturated carbocycles. The van der Waals surface area contributed by atoms with Crippen LogP contribution < -0.4 is 4.90 Å². The summed E-state index contributed by atoms with van der Waals surface area (Å²) in [6.45, 7) is 4.20. The van der Waals surface area contributed by atoms with E-state index in [1.54, 1.807) is 12.3 Å². The van der Waals surface area contributed by atoms with E-state index in [1.807, 2.05) is 43.3 Å². The monoisotopic (exact) mass is 389 g/mol. The van der Waals surface area contributed by atoms with Crippen molar-refractivity contribution in [2.45, 2.75) is 24.7 Å². The highest BCUT2D eigenvalue weighted by Crippen LogP contribution is 2.29. The van der Waals surface area contributed by atoms with Crippen LogP contribution in [0.2, 0.25) is 0 Å². The Kier molecular flexibility index (Phi) is 6.82. The van der Waals surface area contributed by atoms with Gasteiger partial charge in [0.05, 0.1) is 5.56 Å². The predicted molar refractivity (Wildman–Crippen MR) is 111 cm³/mol. The Morgan fingerprint density at radius 2 is 1.88 bits per heavy atom. The number of aromatic nitrogens is 4. The summed E-state index contributed by atoms with van der Waals surface area (Å²) >= 11 is 9.00. The van der Waals surface area contributed by atoms with Crippen molar-refractivity contribution in [3.63, 3.8) is 0 Å². The number of nitrogens with one attached hydrogen (secondary N) is 2. The number of aromatic amines is 2. The highest BCUT2D eigenvalue weighted by atomic mass is 32.1. The number of phenols is 1. The first-order chi connectivity index (χ1) is 12.3. The van der Waals surface area contributed by atoms with Gasteiger partial charge in [-0.2, -0.15) is 4.98 Å². The highest BCUT2D eigenvalue weighted by molar-refractivity contribution is 7.80. The molecular weight excluding hydrogens is 366 g/mol. The van der Waals surface area contributed by atoms with E-state index in [0.29, 0.717) is 22.1 Å². The van der Waals surface area contributed by atoms with Crippen molar-refractivity contribution in [1.29, 1.82) is 0 Å². The van der Waals surface area contributed by atoms with Crippen LogP contribution in [0, 0.1) is 4.77 Å². The summed E-state index contributed by atoms with van der Waals surface area (Å²) < 4.78 is 0.379. The fourth-order valence-electron chi connectivity index (χ4n) is 2.14. The maximum Gasteiger partial charge on any atom is 0.213 e. The Balaban J connectivity index is 0.000000209. The quantitative estimate of drug-likeness (QED) is 0.394. The lowest BCUT2D eigenvalue weighted by atomic mass is 10.00. The van der Waals surface area contributed by atoms with Gasteiger partial charge in [0.2, 0.25) is 4.77 Å². The minimum Gasteiger partial charge on any atom is -0.507 e. The van der Waals surface area contributed by atoms with Crippen molar-refractivity contribution in [2.75, 3.05) is 19.0 Å². The maximum absolute atomic E-state index is 9.77. The van der Waals surface area contributed by atoms with Crippen molar-refractivity contribution in [1.82, 2.24) is 20.2 Å². The topological polar surface area (TPSA) is 80.8 Å². The first-order valence-electron chi connectivity index (χ1n) is 8.08. The van der Waals surface area contributed by atoms with Crippen LogP contribution in [-0.2, 0) is 0 Å². The SMILES string of the molecule is CC(C)c1ccc(O)c(-c2nc(=S)[nH][nH]2)c1.CN(C)c1ccc(S)cn1. The molecule has 8 heteroatoms. The van der Waals surface area contributed by atoms with Crippen molar-refractivity contribution in [3.8, 4) is 17.1 Å². The minimum atomic E-state index is 0.196. The van der Waals surface area contributed by atoms with Gasteiger partial charge in [0, 0.05) is 25.2 Å². The summed E-state index contributed by atoms with van der Waals surface area (Å²) in [7, 11) is 3.92. The third-order valence-electron chi connectivity index (χ3n) is 3.63. The molecule has 0 radical (unpaired) electrons. The standard InChI is InChI=1S/C11H13N3OS.C7H10N2S/c1-6(2)7-3-4-9(15)8(5-7)10-12-11(16)14-13-10;1-9(2)7-4-3-6(10)5-8-7/h3-6,15H,1-2H3,(H2,12,13,14,16);3-5,10H,1-2H3. The number of hydrogen-bond donors (Lipinski definition) is 4. The zero-order chi connectivity index (χ0) is 19.3. The molecule has 0 aliphatic carbocycles. The third kappa shape index (κ3) is 5.34. The van der Waals surface area contributed by atoms with Gasteiger partial charge in [-0.05, 0) is 48.0 Å². The Hall–Kier alpha value is -2.32. The number of nitrogens with zero attached hydrogens (tertiary/aromatic N) is 3. The third-order valence-corrected chi connectivity index (χ3v) is 4.09. The molecule has 3 N–H and O–H groups in total. The molecule has 0 atom stereocenters. The molecule has 6 nitrogen and oxygen atoms in total. The molecule has 0 fully saturated rings. The molecule has 0 bridgehead atoms. The van der Waals surface area contributed by atoms with E-state index in [2.05, 4.69) is 46.6 Å². The molecule has 3 aromatic rings. The average Bonchev–Trinajstić information content (AvgIpc) is 3.02. The second-order valence-electron chi connectivity index (χ2n) is 6.22. The zero-order valence-corrected chi connectivity index (χ0v) is 16.9. The summed E-state index contributed by atoms with van der Waals surface area (Å²) in [5, 5.41) is 15.3. The van der Waals surface area contributed by atoms with E-state index in [9.17, 15) is 5.11 Å². The van der Waals surface area contributed by atoms with Gasteiger partial charge in [0.25, 0.3) is 0 Å². The fraction of sp³-hybridized carbons (Fsp3) is 0.278. The molecule has 0 aliphatic rings. The van der Waals surface area contributed by atoms with E-state index in [0.717, 1.165) is 16.3 Å². The second-order valence-corrected chi connectivity index (χ2v) is 7.12. The number of rotatable bonds is 3. The lowest BCUT2D eigenvalue weighted by molar-refractivity contribution is 0.476. The van der Waals surface area contributed by atoms with E-state index < -0.39 is 0 Å². The second kappa shape index (κ2) is 8.86. The number of H-pyrrole nitrogens is 2. The Morgan fingerprint density at radius 3 is 2.38 bits per heavy atom. The van der Waals surface area contributed by atoms with Crippen molar-refractivity contribution < 1.29 is 5.11 Å². The Labute approximate surface area is 163 Å². The van der Waals surface area contributed by atoms with Gasteiger partial charge in [0.1, 0.15) is 11.6 Å². The molecule has 0 amide bonds. The number of aromatic hydroxyl groups is 1. The Bertz CT molecular complexity index is 900. The van der Waals surface area contributed by atoms with E-state index in [1.165, 1.54) is 0 Å². The van der Waals surface area contributed by atoms with Crippen LogP contribution in [-0.4, -0.2) is 39.4 Å². The molecular formula is C18H23N5OS2. The van der Waals surface area contributed by atoms with Gasteiger partial charge in [-0.1, -0.05) is 19.9 Å². The molecule has 0 unspecified atom stereocenters. The lowest BCUT2D eigenvalue weighted by Gasteiger charge is -2.09. The van der Waals surface area contributed by atoms with Crippen LogP contribution in [0.1, 0.15) is 25.3 Å². The first-order valence-corrected chi connectivity index (χ1v) is 8.93. The van der Waals surface area contributed by atoms with Gasteiger partial charge in [-0.15, -0.1) is 12.6 Å². The Morgan fingerprint density at radius 1 is 1.15 bits per heavy atom. The van der Waals surface area contributed by atoms with Crippen molar-refractivity contribution >= 4 is 30.7 Å². The van der Waals surface area contributed by atoms with Gasteiger partial charge in [-0.25, -0.2) is 4.98 Å². The summed E-state index contributed by atoms with van der Waals surface area (Å²) in [6.07, 6.45) is 1.73.